The highest BCUT2D eigenvalue weighted by Gasteiger charge is 2.19. The largest absolute Gasteiger partial charge is 0.361 e. The predicted octanol–water partition coefficient (Wildman–Crippen LogP) is 2.87. The van der Waals surface area contributed by atoms with Gasteiger partial charge in [-0.1, -0.05) is 19.0 Å². The molecule has 23 heavy (non-hydrogen) atoms. The number of hydrogen-bond donors (Lipinski definition) is 1. The van der Waals surface area contributed by atoms with Crippen LogP contribution >= 0.6 is 0 Å². The van der Waals surface area contributed by atoms with Gasteiger partial charge in [0.1, 0.15) is 11.6 Å². The molecule has 2 aromatic heterocycles. The molecule has 2 heterocycles. The molecule has 6 nitrogen and oxygen atoms in total. The van der Waals surface area contributed by atoms with E-state index in [9.17, 15) is 4.79 Å². The Morgan fingerprint density at radius 2 is 1.96 bits per heavy atom. The lowest BCUT2D eigenvalue weighted by Gasteiger charge is -2.16. The number of aryl methyl sites for hydroxylation is 3. The van der Waals surface area contributed by atoms with Crippen LogP contribution in [-0.4, -0.2) is 27.1 Å². The van der Waals surface area contributed by atoms with Crippen LogP contribution in [0.4, 0.5) is 0 Å². The van der Waals surface area contributed by atoms with Gasteiger partial charge in [0, 0.05) is 17.8 Å². The summed E-state index contributed by atoms with van der Waals surface area (Å²) >= 11 is 0. The van der Waals surface area contributed by atoms with E-state index in [1.54, 1.807) is 6.20 Å². The molecule has 0 saturated carbocycles. The second-order valence-electron chi connectivity index (χ2n) is 6.25. The van der Waals surface area contributed by atoms with Crippen molar-refractivity contribution in [3.63, 3.8) is 0 Å². The summed E-state index contributed by atoms with van der Waals surface area (Å²) in [5.74, 6) is 1.49. The topological polar surface area (TPSA) is 80.9 Å². The number of hydrogen-bond acceptors (Lipinski definition) is 5. The van der Waals surface area contributed by atoms with Crippen LogP contribution in [-0.2, 0) is 6.42 Å². The van der Waals surface area contributed by atoms with Crippen molar-refractivity contribution in [1.29, 1.82) is 0 Å². The first-order valence-electron chi connectivity index (χ1n) is 7.85. The summed E-state index contributed by atoms with van der Waals surface area (Å²) in [6.07, 6.45) is 2.28. The first kappa shape index (κ1) is 17.1. The van der Waals surface area contributed by atoms with Crippen LogP contribution < -0.4 is 5.32 Å². The maximum atomic E-state index is 12.6. The van der Waals surface area contributed by atoms with Gasteiger partial charge in [-0.25, -0.2) is 9.97 Å². The number of carbonyl (C=O) groups is 1. The van der Waals surface area contributed by atoms with E-state index in [2.05, 4.69) is 20.4 Å². The molecule has 0 spiro atoms. The summed E-state index contributed by atoms with van der Waals surface area (Å²) in [6.45, 7) is 11.6. The number of rotatable bonds is 5. The highest BCUT2D eigenvalue weighted by Crippen LogP contribution is 2.18. The van der Waals surface area contributed by atoms with Gasteiger partial charge in [-0.05, 0) is 40.0 Å². The molecule has 124 valence electrons. The van der Waals surface area contributed by atoms with Gasteiger partial charge in [0.25, 0.3) is 5.91 Å². The Hall–Kier alpha value is -2.24. The molecule has 0 aliphatic rings. The molecule has 1 N–H and O–H groups in total. The third-order valence-electron chi connectivity index (χ3n) is 3.80. The van der Waals surface area contributed by atoms with Gasteiger partial charge in [0.2, 0.25) is 0 Å². The highest BCUT2D eigenvalue weighted by atomic mass is 16.5. The third-order valence-corrected chi connectivity index (χ3v) is 3.80. The number of amides is 1. The van der Waals surface area contributed by atoms with E-state index < -0.39 is 0 Å². The molecule has 0 aliphatic carbocycles. The van der Waals surface area contributed by atoms with Crippen molar-refractivity contribution in [2.75, 3.05) is 0 Å². The molecule has 0 saturated heterocycles. The monoisotopic (exact) mass is 316 g/mol. The average Bonchev–Trinajstić information content (AvgIpc) is 2.78. The van der Waals surface area contributed by atoms with E-state index in [-0.39, 0.29) is 17.9 Å². The summed E-state index contributed by atoms with van der Waals surface area (Å²) in [7, 11) is 0. The summed E-state index contributed by atoms with van der Waals surface area (Å²) in [5.41, 5.74) is 3.22. The molecule has 0 unspecified atom stereocenters. The van der Waals surface area contributed by atoms with E-state index in [0.29, 0.717) is 17.8 Å². The van der Waals surface area contributed by atoms with Gasteiger partial charge >= 0.3 is 0 Å². The Kier molecular flexibility index (Phi) is 5.13. The molecule has 1 atom stereocenters. The molecule has 0 aliphatic heterocycles. The summed E-state index contributed by atoms with van der Waals surface area (Å²) in [6, 6.07) is -0.0411. The van der Waals surface area contributed by atoms with Crippen LogP contribution in [0.25, 0.3) is 0 Å². The Balaban J connectivity index is 2.13. The second kappa shape index (κ2) is 6.89. The van der Waals surface area contributed by atoms with E-state index in [0.717, 1.165) is 22.7 Å². The Morgan fingerprint density at radius 3 is 2.52 bits per heavy atom. The molecule has 0 aromatic carbocycles. The fourth-order valence-corrected chi connectivity index (χ4v) is 2.55. The van der Waals surface area contributed by atoms with Crippen molar-refractivity contribution in [2.24, 2.45) is 0 Å². The van der Waals surface area contributed by atoms with Gasteiger partial charge in [0.15, 0.2) is 0 Å². The third kappa shape index (κ3) is 3.94. The van der Waals surface area contributed by atoms with Crippen molar-refractivity contribution in [2.45, 2.75) is 59.9 Å². The molecule has 0 fully saturated rings. The van der Waals surface area contributed by atoms with Crippen molar-refractivity contribution in [3.05, 3.63) is 40.3 Å². The maximum absolute atomic E-state index is 12.6. The minimum absolute atomic E-state index is 0.0411. The van der Waals surface area contributed by atoms with E-state index in [1.165, 1.54) is 0 Å². The summed E-state index contributed by atoms with van der Waals surface area (Å²) in [4.78, 5) is 21.1. The zero-order valence-corrected chi connectivity index (χ0v) is 14.6. The minimum Gasteiger partial charge on any atom is -0.361 e. The van der Waals surface area contributed by atoms with Crippen LogP contribution in [0.2, 0.25) is 0 Å². The fraction of sp³-hybridized carbons (Fsp3) is 0.529. The number of carbonyl (C=O) groups excluding carboxylic acids is 1. The van der Waals surface area contributed by atoms with Crippen LogP contribution in [0.15, 0.2) is 10.7 Å². The lowest BCUT2D eigenvalue weighted by molar-refractivity contribution is 0.0937. The highest BCUT2D eigenvalue weighted by molar-refractivity contribution is 5.95. The number of nitrogens with one attached hydrogen (secondary N) is 1. The van der Waals surface area contributed by atoms with Crippen molar-refractivity contribution < 1.29 is 9.32 Å². The Morgan fingerprint density at radius 1 is 1.26 bits per heavy atom. The first-order valence-corrected chi connectivity index (χ1v) is 7.85. The summed E-state index contributed by atoms with van der Waals surface area (Å²) in [5, 5.41) is 6.96. The van der Waals surface area contributed by atoms with Crippen LogP contribution in [0, 0.1) is 20.8 Å². The SMILES string of the molecule is Cc1ncc(C(=O)N[C@@H](C)Cc2c(C)noc2C)c(C(C)C)n1. The van der Waals surface area contributed by atoms with Crippen molar-refractivity contribution in [3.8, 4) is 0 Å². The number of nitrogens with zero attached hydrogens (tertiary/aromatic N) is 3. The molecule has 2 rings (SSSR count). The molecular weight excluding hydrogens is 292 g/mol. The van der Waals surface area contributed by atoms with Gasteiger partial charge in [0.05, 0.1) is 17.0 Å². The van der Waals surface area contributed by atoms with Crippen molar-refractivity contribution in [1.82, 2.24) is 20.4 Å². The zero-order chi connectivity index (χ0) is 17.1. The van der Waals surface area contributed by atoms with Gasteiger partial charge in [-0.2, -0.15) is 0 Å². The quantitative estimate of drug-likeness (QED) is 0.917. The molecule has 0 bridgehead atoms. The maximum Gasteiger partial charge on any atom is 0.254 e. The average molecular weight is 316 g/mol. The standard InChI is InChI=1S/C17H24N4O2/c1-9(2)16-15(8-18-13(6)20-16)17(22)19-10(3)7-14-11(4)21-23-12(14)5/h8-10H,7H2,1-6H3,(H,19,22)/t10-/m0/s1. The van der Waals surface area contributed by atoms with E-state index >= 15 is 0 Å². The lowest BCUT2D eigenvalue weighted by atomic mass is 10.0. The normalized spacial score (nSPS) is 12.5. The van der Waals surface area contributed by atoms with Gasteiger partial charge in [-0.3, -0.25) is 4.79 Å². The fourth-order valence-electron chi connectivity index (χ4n) is 2.55. The molecule has 6 heteroatoms. The van der Waals surface area contributed by atoms with Gasteiger partial charge in [-0.15, -0.1) is 0 Å². The second-order valence-corrected chi connectivity index (χ2v) is 6.25. The molecule has 0 radical (unpaired) electrons. The number of aromatic nitrogens is 3. The predicted molar refractivity (Wildman–Crippen MR) is 87.5 cm³/mol. The smallest absolute Gasteiger partial charge is 0.254 e. The zero-order valence-electron chi connectivity index (χ0n) is 14.6. The first-order chi connectivity index (χ1) is 10.8. The Bertz CT molecular complexity index is 687. The molecular formula is C17H24N4O2. The minimum atomic E-state index is -0.145. The van der Waals surface area contributed by atoms with E-state index in [1.807, 2.05) is 41.5 Å². The lowest BCUT2D eigenvalue weighted by Crippen LogP contribution is -2.35. The Labute approximate surface area is 136 Å². The molecule has 1 amide bonds. The summed E-state index contributed by atoms with van der Waals surface area (Å²) < 4.78 is 5.17. The molecule has 2 aromatic rings. The van der Waals surface area contributed by atoms with Crippen LogP contribution in [0.1, 0.15) is 65.6 Å². The van der Waals surface area contributed by atoms with Gasteiger partial charge < -0.3 is 9.84 Å². The van der Waals surface area contributed by atoms with Crippen LogP contribution in [0.3, 0.4) is 0 Å². The van der Waals surface area contributed by atoms with E-state index in [4.69, 9.17) is 4.52 Å². The van der Waals surface area contributed by atoms with Crippen LogP contribution in [0.5, 0.6) is 0 Å². The van der Waals surface area contributed by atoms with Crippen molar-refractivity contribution >= 4 is 5.91 Å².